The summed E-state index contributed by atoms with van der Waals surface area (Å²) in [6, 6.07) is 19.2. The number of carbonyl (C=O) groups excluding carboxylic acids is 2. The minimum atomic E-state index is -0.618. The van der Waals surface area contributed by atoms with Gasteiger partial charge in [0.15, 0.2) is 6.10 Å². The summed E-state index contributed by atoms with van der Waals surface area (Å²) in [4.78, 5) is 28.4. The summed E-state index contributed by atoms with van der Waals surface area (Å²) >= 11 is 4.22. The van der Waals surface area contributed by atoms with Gasteiger partial charge in [0.1, 0.15) is 16.8 Å². The average molecular weight is 539 g/mol. The van der Waals surface area contributed by atoms with Crippen LogP contribution in [0.5, 0.6) is 0 Å². The Bertz CT molecular complexity index is 1290. The highest BCUT2D eigenvalue weighted by Crippen LogP contribution is 2.41. The van der Waals surface area contributed by atoms with Crippen molar-refractivity contribution < 1.29 is 14.3 Å². The molecule has 1 saturated heterocycles. The van der Waals surface area contributed by atoms with E-state index in [-0.39, 0.29) is 17.0 Å². The molecule has 0 saturated carbocycles. The second-order valence-corrected chi connectivity index (χ2v) is 10.5. The Balaban J connectivity index is 1.49. The third kappa shape index (κ3) is 4.80. The van der Waals surface area contributed by atoms with Gasteiger partial charge in [-0.1, -0.05) is 72.4 Å². The molecule has 2 aromatic carbocycles. The predicted octanol–water partition coefficient (Wildman–Crippen LogP) is 3.52. The minimum absolute atomic E-state index is 0.271. The van der Waals surface area contributed by atoms with E-state index >= 15 is 0 Å². The SMILES string of the molecule is CSN=C1C(=O)N2C(C(=O)OC(c3ccccc3)c3ccccc3)=C(CSc3nnnn3C)CS[C@H]12. The summed E-state index contributed by atoms with van der Waals surface area (Å²) in [5.41, 5.74) is 3.23. The van der Waals surface area contributed by atoms with Crippen molar-refractivity contribution in [2.45, 2.75) is 16.6 Å². The number of nitrogens with zero attached hydrogens (tertiary/aromatic N) is 6. The smallest absolute Gasteiger partial charge is 0.356 e. The molecule has 5 rings (SSSR count). The molecule has 184 valence electrons. The van der Waals surface area contributed by atoms with E-state index in [0.717, 1.165) is 16.7 Å². The number of aryl methyl sites for hydroxylation is 1. The molecular weight excluding hydrogens is 517 g/mol. The third-order valence-corrected chi connectivity index (χ3v) is 8.41. The van der Waals surface area contributed by atoms with Gasteiger partial charge in [-0.05, 0) is 39.1 Å². The van der Waals surface area contributed by atoms with Crippen molar-refractivity contribution in [3.8, 4) is 0 Å². The van der Waals surface area contributed by atoms with Gasteiger partial charge in [0.2, 0.25) is 5.16 Å². The molecule has 2 aliphatic rings. The lowest BCUT2D eigenvalue weighted by Gasteiger charge is -2.45. The predicted molar refractivity (Wildman–Crippen MR) is 141 cm³/mol. The molecule has 3 aromatic rings. The van der Waals surface area contributed by atoms with Crippen molar-refractivity contribution in [1.29, 1.82) is 0 Å². The maximum Gasteiger partial charge on any atom is 0.356 e. The van der Waals surface area contributed by atoms with Crippen LogP contribution in [0.25, 0.3) is 0 Å². The topological polar surface area (TPSA) is 103 Å². The molecule has 1 fully saturated rings. The lowest BCUT2D eigenvalue weighted by molar-refractivity contribution is -0.147. The highest BCUT2D eigenvalue weighted by Gasteiger charge is 2.51. The number of carbonyl (C=O) groups is 2. The van der Waals surface area contributed by atoms with E-state index in [1.165, 1.54) is 28.6 Å². The number of fused-ring (bicyclic) bond motifs is 1. The number of benzene rings is 2. The summed E-state index contributed by atoms with van der Waals surface area (Å²) in [6.45, 7) is 0. The van der Waals surface area contributed by atoms with Crippen LogP contribution in [0.15, 0.2) is 81.5 Å². The fourth-order valence-corrected chi connectivity index (χ4v) is 6.65. The Morgan fingerprint density at radius 1 is 1.17 bits per heavy atom. The van der Waals surface area contributed by atoms with Gasteiger partial charge < -0.3 is 4.74 Å². The monoisotopic (exact) mass is 538 g/mol. The largest absolute Gasteiger partial charge is 0.448 e. The molecule has 36 heavy (non-hydrogen) atoms. The third-order valence-electron chi connectivity index (χ3n) is 5.67. The van der Waals surface area contributed by atoms with Crippen LogP contribution in [-0.2, 0) is 21.4 Å². The van der Waals surface area contributed by atoms with E-state index in [1.807, 2.05) is 66.9 Å². The quantitative estimate of drug-likeness (QED) is 0.184. The summed E-state index contributed by atoms with van der Waals surface area (Å²) in [5.74, 6) is 0.193. The molecule has 1 amide bonds. The van der Waals surface area contributed by atoms with Gasteiger partial charge in [0.05, 0.1) is 0 Å². The van der Waals surface area contributed by atoms with Crippen LogP contribution in [0.2, 0.25) is 0 Å². The number of esters is 1. The molecule has 3 heterocycles. The Kier molecular flexibility index (Phi) is 7.44. The second kappa shape index (κ2) is 10.9. The molecule has 1 aromatic heterocycles. The zero-order chi connectivity index (χ0) is 25.1. The van der Waals surface area contributed by atoms with E-state index in [4.69, 9.17) is 4.74 Å². The van der Waals surface area contributed by atoms with Crippen LogP contribution in [0.1, 0.15) is 17.2 Å². The number of amides is 1. The number of β-lactam (4-membered cyclic amide) rings is 1. The first-order valence-corrected chi connectivity index (χ1v) is 14.2. The highest BCUT2D eigenvalue weighted by molar-refractivity contribution is 8.02. The molecule has 0 unspecified atom stereocenters. The molecule has 0 radical (unpaired) electrons. The van der Waals surface area contributed by atoms with Gasteiger partial charge in [-0.3, -0.25) is 9.69 Å². The average Bonchev–Trinajstić information content (AvgIpc) is 3.33. The highest BCUT2D eigenvalue weighted by atomic mass is 32.2. The van der Waals surface area contributed by atoms with Crippen LogP contribution >= 0.6 is 35.5 Å². The first-order chi connectivity index (χ1) is 17.6. The van der Waals surface area contributed by atoms with Crippen molar-refractivity contribution in [1.82, 2.24) is 25.1 Å². The zero-order valence-electron chi connectivity index (χ0n) is 19.5. The number of thioether (sulfide) groups is 2. The Morgan fingerprint density at radius 2 is 1.83 bits per heavy atom. The van der Waals surface area contributed by atoms with E-state index in [9.17, 15) is 9.59 Å². The summed E-state index contributed by atoms with van der Waals surface area (Å²) in [5, 5.41) is 11.9. The molecular formula is C24H22N6O3S3. The van der Waals surface area contributed by atoms with Crippen molar-refractivity contribution in [3.63, 3.8) is 0 Å². The number of hydrogen-bond donors (Lipinski definition) is 0. The number of aromatic nitrogens is 4. The van der Waals surface area contributed by atoms with Gasteiger partial charge in [-0.25, -0.2) is 13.9 Å². The summed E-state index contributed by atoms with van der Waals surface area (Å²) in [7, 11) is 1.76. The number of tetrazole rings is 1. The van der Waals surface area contributed by atoms with Crippen LogP contribution in [0.4, 0.5) is 0 Å². The van der Waals surface area contributed by atoms with E-state index in [0.29, 0.717) is 22.4 Å². The van der Waals surface area contributed by atoms with E-state index in [1.54, 1.807) is 23.5 Å². The maximum absolute atomic E-state index is 13.8. The van der Waals surface area contributed by atoms with E-state index in [2.05, 4.69) is 19.9 Å². The van der Waals surface area contributed by atoms with Crippen molar-refractivity contribution in [3.05, 3.63) is 83.1 Å². The summed E-state index contributed by atoms with van der Waals surface area (Å²) in [6.07, 6.45) is 1.19. The maximum atomic E-state index is 13.8. The Labute approximate surface area is 220 Å². The first-order valence-electron chi connectivity index (χ1n) is 11.0. The molecule has 1 atom stereocenters. The summed E-state index contributed by atoms with van der Waals surface area (Å²) < 4.78 is 12.0. The standard InChI is InChI=1S/C24H22N6O3S3/c1-29-24(25-27-28-29)36-14-17-13-35-22-18(26-34-2)21(31)30(22)19(17)23(32)33-20(15-9-5-3-6-10-15)16-11-7-4-8-12-16/h3-12,20,22H,13-14H2,1-2H3/t22-/m1/s1. The molecule has 2 aliphatic heterocycles. The Morgan fingerprint density at radius 3 is 2.42 bits per heavy atom. The van der Waals surface area contributed by atoms with E-state index < -0.39 is 12.1 Å². The van der Waals surface area contributed by atoms with Gasteiger partial charge in [0, 0.05) is 24.8 Å². The van der Waals surface area contributed by atoms with Crippen LogP contribution < -0.4 is 0 Å². The molecule has 0 aliphatic carbocycles. The van der Waals surface area contributed by atoms with Crippen molar-refractivity contribution in [2.24, 2.45) is 11.4 Å². The molecule has 0 bridgehead atoms. The number of rotatable bonds is 8. The Hall–Kier alpha value is -3.09. The van der Waals surface area contributed by atoms with Crippen LogP contribution in [0, 0.1) is 0 Å². The lowest BCUT2D eigenvalue weighted by Crippen LogP contribution is -2.62. The molecule has 12 heteroatoms. The fourth-order valence-electron chi connectivity index (χ4n) is 3.96. The van der Waals surface area contributed by atoms with Crippen molar-refractivity contribution in [2.75, 3.05) is 17.8 Å². The normalized spacial score (nSPS) is 18.4. The van der Waals surface area contributed by atoms with Crippen LogP contribution in [-0.4, -0.2) is 65.8 Å². The molecule has 9 nitrogen and oxygen atoms in total. The first kappa shape index (κ1) is 24.6. The lowest BCUT2D eigenvalue weighted by atomic mass is 10.0. The number of hydrogen-bond acceptors (Lipinski definition) is 10. The van der Waals surface area contributed by atoms with Gasteiger partial charge in [-0.2, -0.15) is 0 Å². The fraction of sp³-hybridized carbons (Fsp3) is 0.250. The van der Waals surface area contributed by atoms with Crippen molar-refractivity contribution >= 4 is 53.1 Å². The zero-order valence-corrected chi connectivity index (χ0v) is 21.9. The molecule has 0 spiro atoms. The molecule has 0 N–H and O–H groups in total. The van der Waals surface area contributed by atoms with Gasteiger partial charge in [-0.15, -0.1) is 16.9 Å². The van der Waals surface area contributed by atoms with Crippen LogP contribution in [0.3, 0.4) is 0 Å². The van der Waals surface area contributed by atoms with Gasteiger partial charge >= 0.3 is 5.97 Å². The number of ether oxygens (including phenoxy) is 1. The van der Waals surface area contributed by atoms with Gasteiger partial charge in [0.25, 0.3) is 5.91 Å². The minimum Gasteiger partial charge on any atom is -0.448 e. The second-order valence-electron chi connectivity index (χ2n) is 7.93.